The molecule has 1 N–H and O–H groups in total. The molecule has 1 aromatic rings. The van der Waals surface area contributed by atoms with E-state index in [9.17, 15) is 5.11 Å². The van der Waals surface area contributed by atoms with Gasteiger partial charge in [-0.1, -0.05) is 43.7 Å². The molecule has 0 bridgehead atoms. The molecule has 0 aliphatic carbocycles. The number of aliphatic hydroxyl groups excluding tert-OH is 1. The van der Waals surface area contributed by atoms with Gasteiger partial charge in [-0.05, 0) is 37.9 Å². The number of aliphatic hydroxyl groups is 1. The van der Waals surface area contributed by atoms with Crippen LogP contribution in [0.4, 0.5) is 0 Å². The number of benzene rings is 1. The van der Waals surface area contributed by atoms with Crippen LogP contribution in [0.2, 0.25) is 0 Å². The van der Waals surface area contributed by atoms with Crippen LogP contribution in [0, 0.1) is 0 Å². The lowest BCUT2D eigenvalue weighted by molar-refractivity contribution is 0.0351. The summed E-state index contributed by atoms with van der Waals surface area (Å²) in [6.45, 7) is 4.45. The number of nitrogens with zero attached hydrogens (tertiary/aromatic N) is 1. The Kier molecular flexibility index (Phi) is 4.57. The second-order valence-corrected chi connectivity index (χ2v) is 4.93. The largest absolute Gasteiger partial charge is 0.387 e. The average Bonchev–Trinajstić information content (AvgIpc) is 2.42. The van der Waals surface area contributed by atoms with Crippen molar-refractivity contribution in [2.45, 2.75) is 44.8 Å². The van der Waals surface area contributed by atoms with E-state index in [1.807, 2.05) is 30.3 Å². The number of piperidine rings is 1. The van der Waals surface area contributed by atoms with Gasteiger partial charge in [0.05, 0.1) is 6.10 Å². The SMILES string of the molecule is CCC(C(O)c1ccccc1)N1CCCCC1. The lowest BCUT2D eigenvalue weighted by atomic mass is 9.97. The first-order chi connectivity index (χ1) is 8.33. The second-order valence-electron chi connectivity index (χ2n) is 4.93. The third kappa shape index (κ3) is 3.08. The van der Waals surface area contributed by atoms with E-state index < -0.39 is 0 Å². The normalized spacial score (nSPS) is 21.1. The van der Waals surface area contributed by atoms with Crippen LogP contribution in [0.1, 0.15) is 44.3 Å². The van der Waals surface area contributed by atoms with E-state index >= 15 is 0 Å². The summed E-state index contributed by atoms with van der Waals surface area (Å²) in [5.74, 6) is 0. The highest BCUT2D eigenvalue weighted by molar-refractivity contribution is 5.18. The fourth-order valence-corrected chi connectivity index (χ4v) is 2.80. The zero-order valence-electron chi connectivity index (χ0n) is 10.7. The summed E-state index contributed by atoms with van der Waals surface area (Å²) < 4.78 is 0. The molecule has 0 aromatic heterocycles. The van der Waals surface area contributed by atoms with Gasteiger partial charge in [-0.15, -0.1) is 0 Å². The second kappa shape index (κ2) is 6.18. The minimum atomic E-state index is -0.348. The standard InChI is InChI=1S/C15H23NO/c1-2-14(16-11-7-4-8-12-16)15(17)13-9-5-3-6-10-13/h3,5-6,9-10,14-15,17H,2,4,7-8,11-12H2,1H3. The molecule has 0 spiro atoms. The van der Waals surface area contributed by atoms with Crippen molar-refractivity contribution in [2.24, 2.45) is 0 Å². The van der Waals surface area contributed by atoms with E-state index in [4.69, 9.17) is 0 Å². The average molecular weight is 233 g/mol. The first kappa shape index (κ1) is 12.6. The van der Waals surface area contributed by atoms with Gasteiger partial charge >= 0.3 is 0 Å². The number of hydrogen-bond acceptors (Lipinski definition) is 2. The van der Waals surface area contributed by atoms with Crippen molar-refractivity contribution in [3.8, 4) is 0 Å². The van der Waals surface area contributed by atoms with Gasteiger partial charge in [-0.3, -0.25) is 4.90 Å². The summed E-state index contributed by atoms with van der Waals surface area (Å²) in [4.78, 5) is 2.46. The number of hydrogen-bond donors (Lipinski definition) is 1. The molecule has 0 amide bonds. The summed E-state index contributed by atoms with van der Waals surface area (Å²) >= 11 is 0. The highest BCUT2D eigenvalue weighted by atomic mass is 16.3. The van der Waals surface area contributed by atoms with Crippen LogP contribution in [0.5, 0.6) is 0 Å². The maximum atomic E-state index is 10.5. The zero-order valence-corrected chi connectivity index (χ0v) is 10.7. The molecular weight excluding hydrogens is 210 g/mol. The lowest BCUT2D eigenvalue weighted by Gasteiger charge is -2.36. The van der Waals surface area contributed by atoms with E-state index in [0.717, 1.165) is 25.1 Å². The first-order valence-electron chi connectivity index (χ1n) is 6.80. The summed E-state index contributed by atoms with van der Waals surface area (Å²) in [5.41, 5.74) is 1.05. The Morgan fingerprint density at radius 3 is 2.35 bits per heavy atom. The Balaban J connectivity index is 2.06. The van der Waals surface area contributed by atoms with Gasteiger partial charge < -0.3 is 5.11 Å². The van der Waals surface area contributed by atoms with Crippen LogP contribution in [-0.2, 0) is 0 Å². The zero-order chi connectivity index (χ0) is 12.1. The van der Waals surface area contributed by atoms with E-state index in [1.54, 1.807) is 0 Å². The molecule has 2 nitrogen and oxygen atoms in total. The highest BCUT2D eigenvalue weighted by Gasteiger charge is 2.26. The van der Waals surface area contributed by atoms with E-state index in [2.05, 4.69) is 11.8 Å². The molecule has 2 rings (SSSR count). The van der Waals surface area contributed by atoms with Crippen LogP contribution in [0.15, 0.2) is 30.3 Å². The fourth-order valence-electron chi connectivity index (χ4n) is 2.80. The van der Waals surface area contributed by atoms with Crippen molar-refractivity contribution in [3.05, 3.63) is 35.9 Å². The number of likely N-dealkylation sites (tertiary alicyclic amines) is 1. The van der Waals surface area contributed by atoms with Crippen molar-refractivity contribution in [1.82, 2.24) is 4.90 Å². The van der Waals surface area contributed by atoms with Gasteiger partial charge in [0, 0.05) is 6.04 Å². The van der Waals surface area contributed by atoms with Gasteiger partial charge in [-0.2, -0.15) is 0 Å². The Morgan fingerprint density at radius 2 is 1.76 bits per heavy atom. The monoisotopic (exact) mass is 233 g/mol. The van der Waals surface area contributed by atoms with Crippen LogP contribution in [0.3, 0.4) is 0 Å². The van der Waals surface area contributed by atoms with E-state index in [0.29, 0.717) is 0 Å². The van der Waals surface area contributed by atoms with E-state index in [-0.39, 0.29) is 12.1 Å². The van der Waals surface area contributed by atoms with Crippen LogP contribution < -0.4 is 0 Å². The van der Waals surface area contributed by atoms with E-state index in [1.165, 1.54) is 19.3 Å². The van der Waals surface area contributed by atoms with Crippen LogP contribution >= 0.6 is 0 Å². The highest BCUT2D eigenvalue weighted by Crippen LogP contribution is 2.25. The predicted octanol–water partition coefficient (Wildman–Crippen LogP) is 2.98. The maximum absolute atomic E-state index is 10.5. The quantitative estimate of drug-likeness (QED) is 0.864. The fraction of sp³-hybridized carbons (Fsp3) is 0.600. The van der Waals surface area contributed by atoms with Gasteiger partial charge in [0.25, 0.3) is 0 Å². The van der Waals surface area contributed by atoms with Gasteiger partial charge in [0.15, 0.2) is 0 Å². The molecule has 1 aromatic carbocycles. The smallest absolute Gasteiger partial charge is 0.0945 e. The van der Waals surface area contributed by atoms with Crippen molar-refractivity contribution in [2.75, 3.05) is 13.1 Å². The molecule has 94 valence electrons. The molecule has 2 atom stereocenters. The predicted molar refractivity (Wildman–Crippen MR) is 70.9 cm³/mol. The van der Waals surface area contributed by atoms with Crippen molar-refractivity contribution < 1.29 is 5.11 Å². The molecule has 2 unspecified atom stereocenters. The minimum absolute atomic E-state index is 0.276. The third-order valence-corrected chi connectivity index (χ3v) is 3.78. The van der Waals surface area contributed by atoms with Gasteiger partial charge in [0.1, 0.15) is 0 Å². The molecular formula is C15H23NO. The summed E-state index contributed by atoms with van der Waals surface area (Å²) in [5, 5.41) is 10.5. The minimum Gasteiger partial charge on any atom is -0.387 e. The molecule has 0 radical (unpaired) electrons. The van der Waals surface area contributed by atoms with Crippen LogP contribution in [0.25, 0.3) is 0 Å². The molecule has 1 saturated heterocycles. The third-order valence-electron chi connectivity index (χ3n) is 3.78. The Bertz CT molecular complexity index is 319. The molecule has 1 aliphatic rings. The Hall–Kier alpha value is -0.860. The maximum Gasteiger partial charge on any atom is 0.0945 e. The topological polar surface area (TPSA) is 23.5 Å². The Labute approximate surface area is 104 Å². The molecule has 2 heteroatoms. The summed E-state index contributed by atoms with van der Waals surface area (Å²) in [6.07, 6.45) is 4.56. The van der Waals surface area contributed by atoms with Crippen molar-refractivity contribution in [1.29, 1.82) is 0 Å². The Morgan fingerprint density at radius 1 is 1.12 bits per heavy atom. The van der Waals surface area contributed by atoms with Crippen LogP contribution in [-0.4, -0.2) is 29.1 Å². The molecule has 1 aliphatic heterocycles. The van der Waals surface area contributed by atoms with Gasteiger partial charge in [0.2, 0.25) is 0 Å². The molecule has 1 heterocycles. The summed E-state index contributed by atoms with van der Waals surface area (Å²) in [7, 11) is 0. The van der Waals surface area contributed by atoms with Crippen molar-refractivity contribution in [3.63, 3.8) is 0 Å². The molecule has 0 saturated carbocycles. The lowest BCUT2D eigenvalue weighted by Crippen LogP contribution is -2.42. The van der Waals surface area contributed by atoms with Gasteiger partial charge in [-0.25, -0.2) is 0 Å². The molecule has 17 heavy (non-hydrogen) atoms. The first-order valence-corrected chi connectivity index (χ1v) is 6.80. The molecule has 1 fully saturated rings. The number of rotatable bonds is 4. The summed E-state index contributed by atoms with van der Waals surface area (Å²) in [6, 6.07) is 10.3. The van der Waals surface area contributed by atoms with Crippen molar-refractivity contribution >= 4 is 0 Å².